The monoisotopic (exact) mass is 316 g/mol. The molecule has 1 aromatic rings. The number of anilines is 1. The first-order chi connectivity index (χ1) is 9.61. The summed E-state index contributed by atoms with van der Waals surface area (Å²) in [4.78, 5) is 0.0337. The lowest BCUT2D eigenvalue weighted by Crippen LogP contribution is -2.44. The van der Waals surface area contributed by atoms with E-state index in [1.54, 1.807) is 0 Å². The standard InChI is InChI=1S/C14H24N2O4S/c1-14(2,3)13(7-8-17)16-21(18,19)12-6-5-10(15)9-11(12)20-4/h5-6,9,13,16-17H,7-8,15H2,1-4H3. The topological polar surface area (TPSA) is 102 Å². The lowest BCUT2D eigenvalue weighted by molar-refractivity contribution is 0.214. The molecule has 0 bridgehead atoms. The fourth-order valence-corrected chi connectivity index (χ4v) is 3.58. The number of rotatable bonds is 6. The Labute approximate surface area is 126 Å². The molecule has 0 amide bonds. The molecule has 0 aliphatic heterocycles. The molecule has 6 nitrogen and oxygen atoms in total. The van der Waals surface area contributed by atoms with Gasteiger partial charge in [0.25, 0.3) is 0 Å². The van der Waals surface area contributed by atoms with E-state index in [0.717, 1.165) is 0 Å². The van der Waals surface area contributed by atoms with E-state index in [-0.39, 0.29) is 22.7 Å². The molecule has 0 radical (unpaired) electrons. The lowest BCUT2D eigenvalue weighted by Gasteiger charge is -2.31. The van der Waals surface area contributed by atoms with Crippen LogP contribution in [0.5, 0.6) is 5.75 Å². The highest BCUT2D eigenvalue weighted by atomic mass is 32.2. The van der Waals surface area contributed by atoms with Crippen molar-refractivity contribution in [3.63, 3.8) is 0 Å². The van der Waals surface area contributed by atoms with Gasteiger partial charge >= 0.3 is 0 Å². The van der Waals surface area contributed by atoms with E-state index in [0.29, 0.717) is 12.1 Å². The summed E-state index contributed by atoms with van der Waals surface area (Å²) >= 11 is 0. The summed E-state index contributed by atoms with van der Waals surface area (Å²) in [5, 5.41) is 9.13. The second kappa shape index (κ2) is 6.64. The Morgan fingerprint density at radius 2 is 2.00 bits per heavy atom. The third-order valence-electron chi connectivity index (χ3n) is 3.24. The Balaban J connectivity index is 3.16. The van der Waals surface area contributed by atoms with Crippen LogP contribution in [0.4, 0.5) is 5.69 Å². The van der Waals surface area contributed by atoms with Gasteiger partial charge in [0.2, 0.25) is 10.0 Å². The highest BCUT2D eigenvalue weighted by molar-refractivity contribution is 7.89. The molecule has 0 saturated heterocycles. The fraction of sp³-hybridized carbons (Fsp3) is 0.571. The third kappa shape index (κ3) is 4.59. The molecule has 120 valence electrons. The number of aliphatic hydroxyl groups excluding tert-OH is 1. The molecule has 0 spiro atoms. The van der Waals surface area contributed by atoms with Crippen LogP contribution < -0.4 is 15.2 Å². The zero-order valence-corrected chi connectivity index (χ0v) is 13.7. The number of nitrogens with one attached hydrogen (secondary N) is 1. The molecule has 0 saturated carbocycles. The summed E-state index contributed by atoms with van der Waals surface area (Å²) in [5.74, 6) is 0.194. The Bertz CT molecular complexity index is 579. The molecule has 1 rings (SSSR count). The van der Waals surface area contributed by atoms with Gasteiger partial charge in [-0.3, -0.25) is 0 Å². The van der Waals surface area contributed by atoms with Crippen LogP contribution in [-0.4, -0.2) is 33.3 Å². The molecule has 1 aromatic carbocycles. The predicted octanol–water partition coefficient (Wildman–Crippen LogP) is 1.35. The van der Waals surface area contributed by atoms with Gasteiger partial charge in [-0.25, -0.2) is 13.1 Å². The van der Waals surface area contributed by atoms with E-state index in [1.165, 1.54) is 25.3 Å². The van der Waals surface area contributed by atoms with E-state index in [4.69, 9.17) is 15.6 Å². The number of hydrogen-bond acceptors (Lipinski definition) is 5. The number of methoxy groups -OCH3 is 1. The van der Waals surface area contributed by atoms with Crippen molar-refractivity contribution in [2.75, 3.05) is 19.5 Å². The SMILES string of the molecule is COc1cc(N)ccc1S(=O)(=O)NC(CCO)C(C)(C)C. The van der Waals surface area contributed by atoms with Crippen LogP contribution in [-0.2, 0) is 10.0 Å². The number of sulfonamides is 1. The Morgan fingerprint density at radius 3 is 2.48 bits per heavy atom. The van der Waals surface area contributed by atoms with Crippen molar-refractivity contribution in [3.8, 4) is 5.75 Å². The Morgan fingerprint density at radius 1 is 1.38 bits per heavy atom. The zero-order chi connectivity index (χ0) is 16.3. The van der Waals surface area contributed by atoms with Crippen molar-refractivity contribution < 1.29 is 18.3 Å². The lowest BCUT2D eigenvalue weighted by atomic mass is 9.86. The van der Waals surface area contributed by atoms with Crippen molar-refractivity contribution in [1.29, 1.82) is 0 Å². The minimum absolute atomic E-state index is 0.0337. The predicted molar refractivity (Wildman–Crippen MR) is 82.7 cm³/mol. The van der Waals surface area contributed by atoms with Gasteiger partial charge in [0.05, 0.1) is 7.11 Å². The molecule has 0 heterocycles. The van der Waals surface area contributed by atoms with Crippen molar-refractivity contribution in [2.45, 2.75) is 38.1 Å². The van der Waals surface area contributed by atoms with E-state index >= 15 is 0 Å². The van der Waals surface area contributed by atoms with Gasteiger partial charge in [-0.05, 0) is 24.0 Å². The summed E-state index contributed by atoms with van der Waals surface area (Å²) in [6.45, 7) is 5.64. The second-order valence-corrected chi connectivity index (χ2v) is 7.64. The molecule has 4 N–H and O–H groups in total. The first kappa shape index (κ1) is 17.7. The molecule has 0 aromatic heterocycles. The van der Waals surface area contributed by atoms with Crippen LogP contribution in [0.25, 0.3) is 0 Å². The number of benzene rings is 1. The number of aliphatic hydroxyl groups is 1. The van der Waals surface area contributed by atoms with E-state index in [9.17, 15) is 8.42 Å². The van der Waals surface area contributed by atoms with Crippen LogP contribution in [0, 0.1) is 5.41 Å². The van der Waals surface area contributed by atoms with Gasteiger partial charge in [0, 0.05) is 24.4 Å². The van der Waals surface area contributed by atoms with Gasteiger partial charge in [0.1, 0.15) is 10.6 Å². The van der Waals surface area contributed by atoms with Crippen molar-refractivity contribution >= 4 is 15.7 Å². The maximum Gasteiger partial charge on any atom is 0.244 e. The molecule has 0 aliphatic carbocycles. The van der Waals surface area contributed by atoms with Gasteiger partial charge < -0.3 is 15.6 Å². The average Bonchev–Trinajstić information content (AvgIpc) is 2.36. The van der Waals surface area contributed by atoms with E-state index in [2.05, 4.69) is 4.72 Å². The normalized spacial score (nSPS) is 14.0. The van der Waals surface area contributed by atoms with Crippen LogP contribution in [0.2, 0.25) is 0 Å². The number of nitrogens with two attached hydrogens (primary N) is 1. The molecule has 0 fully saturated rings. The summed E-state index contributed by atoms with van der Waals surface area (Å²) < 4.78 is 32.8. The average molecular weight is 316 g/mol. The smallest absolute Gasteiger partial charge is 0.244 e. The number of ether oxygens (including phenoxy) is 1. The summed E-state index contributed by atoms with van der Waals surface area (Å²) in [6, 6.07) is 3.99. The molecular formula is C14H24N2O4S. The third-order valence-corrected chi connectivity index (χ3v) is 4.75. The minimum Gasteiger partial charge on any atom is -0.495 e. The first-order valence-corrected chi connectivity index (χ1v) is 8.17. The molecular weight excluding hydrogens is 292 g/mol. The maximum atomic E-state index is 12.5. The molecule has 7 heteroatoms. The Hall–Kier alpha value is -1.31. The van der Waals surface area contributed by atoms with Crippen molar-refractivity contribution in [3.05, 3.63) is 18.2 Å². The molecule has 1 unspecified atom stereocenters. The summed E-state index contributed by atoms with van der Waals surface area (Å²) in [7, 11) is -2.37. The molecule has 1 atom stereocenters. The number of hydrogen-bond donors (Lipinski definition) is 3. The van der Waals surface area contributed by atoms with Crippen LogP contribution in [0.15, 0.2) is 23.1 Å². The quantitative estimate of drug-likeness (QED) is 0.688. The zero-order valence-electron chi connectivity index (χ0n) is 12.9. The van der Waals surface area contributed by atoms with Crippen LogP contribution in [0.1, 0.15) is 27.2 Å². The summed E-state index contributed by atoms with van der Waals surface area (Å²) in [6.07, 6.45) is 0.333. The second-order valence-electron chi connectivity index (χ2n) is 5.96. The van der Waals surface area contributed by atoms with Crippen molar-refractivity contribution in [2.24, 2.45) is 5.41 Å². The minimum atomic E-state index is -3.77. The van der Waals surface area contributed by atoms with Crippen LogP contribution >= 0.6 is 0 Å². The van der Waals surface area contributed by atoms with Gasteiger partial charge in [-0.2, -0.15) is 0 Å². The van der Waals surface area contributed by atoms with Gasteiger partial charge in [0.15, 0.2) is 0 Å². The maximum absolute atomic E-state index is 12.5. The number of nitrogen functional groups attached to an aromatic ring is 1. The Kier molecular flexibility index (Phi) is 5.61. The molecule has 0 aliphatic rings. The fourth-order valence-electron chi connectivity index (χ4n) is 1.95. The van der Waals surface area contributed by atoms with E-state index in [1.807, 2.05) is 20.8 Å². The van der Waals surface area contributed by atoms with Crippen LogP contribution in [0.3, 0.4) is 0 Å². The highest BCUT2D eigenvalue weighted by Gasteiger charge is 2.30. The first-order valence-electron chi connectivity index (χ1n) is 6.68. The summed E-state index contributed by atoms with van der Waals surface area (Å²) in [5.41, 5.74) is 5.74. The van der Waals surface area contributed by atoms with E-state index < -0.39 is 16.1 Å². The molecule has 21 heavy (non-hydrogen) atoms. The highest BCUT2D eigenvalue weighted by Crippen LogP contribution is 2.28. The van der Waals surface area contributed by atoms with Gasteiger partial charge in [-0.15, -0.1) is 0 Å². The van der Waals surface area contributed by atoms with Crippen molar-refractivity contribution in [1.82, 2.24) is 4.72 Å². The van der Waals surface area contributed by atoms with Gasteiger partial charge in [-0.1, -0.05) is 20.8 Å². The largest absolute Gasteiger partial charge is 0.495 e.